The second-order valence-corrected chi connectivity index (χ2v) is 7.88. The number of benzene rings is 2. The topological polar surface area (TPSA) is 83.5 Å². The second kappa shape index (κ2) is 9.50. The van der Waals surface area contributed by atoms with Crippen molar-refractivity contribution in [2.24, 2.45) is 0 Å². The number of amides is 1. The Morgan fingerprint density at radius 2 is 1.45 bits per heavy atom. The smallest absolute Gasteiger partial charge is 0.416 e. The Labute approximate surface area is 174 Å². The van der Waals surface area contributed by atoms with E-state index < -0.39 is 57.8 Å². The van der Waals surface area contributed by atoms with Crippen molar-refractivity contribution >= 4 is 22.7 Å². The SMILES string of the molecule is O=C(N[C@H](CC[S@@](=O)c1ccccc1)C(=O)O)c1cc(C(F)(F)F)cc(C(F)(F)F)c1. The number of halogens is 6. The summed E-state index contributed by atoms with van der Waals surface area (Å²) in [4.78, 5) is 24.0. The lowest BCUT2D eigenvalue weighted by atomic mass is 10.0. The molecule has 2 aromatic rings. The zero-order valence-electron chi connectivity index (χ0n) is 15.5. The second-order valence-electron chi connectivity index (χ2n) is 6.31. The molecule has 0 aliphatic heterocycles. The van der Waals surface area contributed by atoms with E-state index in [1.807, 2.05) is 5.32 Å². The van der Waals surface area contributed by atoms with Gasteiger partial charge in [-0.15, -0.1) is 0 Å². The largest absolute Gasteiger partial charge is 0.480 e. The van der Waals surface area contributed by atoms with Gasteiger partial charge in [0.1, 0.15) is 6.04 Å². The van der Waals surface area contributed by atoms with Crippen LogP contribution in [0, 0.1) is 0 Å². The molecule has 2 atom stereocenters. The molecule has 12 heteroatoms. The fourth-order valence-electron chi connectivity index (χ4n) is 2.50. The van der Waals surface area contributed by atoms with Gasteiger partial charge < -0.3 is 10.4 Å². The molecule has 0 saturated carbocycles. The number of carbonyl (C=O) groups is 2. The van der Waals surface area contributed by atoms with Crippen LogP contribution in [0.1, 0.15) is 27.9 Å². The number of aliphatic carboxylic acids is 1. The maximum absolute atomic E-state index is 12.9. The van der Waals surface area contributed by atoms with Gasteiger partial charge in [-0.3, -0.25) is 9.00 Å². The van der Waals surface area contributed by atoms with Crippen LogP contribution in [0.2, 0.25) is 0 Å². The molecule has 2 rings (SSSR count). The first-order chi connectivity index (χ1) is 14.3. The van der Waals surface area contributed by atoms with Crippen molar-refractivity contribution in [3.8, 4) is 0 Å². The van der Waals surface area contributed by atoms with Crippen LogP contribution in [0.25, 0.3) is 0 Å². The van der Waals surface area contributed by atoms with E-state index in [1.54, 1.807) is 18.2 Å². The van der Waals surface area contributed by atoms with Gasteiger partial charge in [0.05, 0.1) is 21.9 Å². The third-order valence-corrected chi connectivity index (χ3v) is 5.46. The van der Waals surface area contributed by atoms with Crippen LogP contribution in [0.4, 0.5) is 26.3 Å². The number of hydrogen-bond donors (Lipinski definition) is 2. The fourth-order valence-corrected chi connectivity index (χ4v) is 3.65. The highest BCUT2D eigenvalue weighted by Crippen LogP contribution is 2.36. The molecular weight excluding hydrogens is 452 g/mol. The quantitative estimate of drug-likeness (QED) is 0.601. The molecule has 168 valence electrons. The Morgan fingerprint density at radius 1 is 0.935 bits per heavy atom. The van der Waals surface area contributed by atoms with Gasteiger partial charge in [-0.05, 0) is 36.8 Å². The highest BCUT2D eigenvalue weighted by Gasteiger charge is 2.37. The molecule has 2 N–H and O–H groups in total. The number of carboxylic acids is 1. The molecule has 2 aromatic carbocycles. The maximum Gasteiger partial charge on any atom is 0.416 e. The first kappa shape index (κ1) is 24.4. The van der Waals surface area contributed by atoms with Crippen molar-refractivity contribution in [3.63, 3.8) is 0 Å². The van der Waals surface area contributed by atoms with Crippen LogP contribution < -0.4 is 5.32 Å². The van der Waals surface area contributed by atoms with Gasteiger partial charge >= 0.3 is 18.3 Å². The lowest BCUT2D eigenvalue weighted by molar-refractivity contribution is -0.143. The molecule has 0 aliphatic rings. The van der Waals surface area contributed by atoms with Gasteiger partial charge in [-0.1, -0.05) is 18.2 Å². The first-order valence-corrected chi connectivity index (χ1v) is 9.87. The highest BCUT2D eigenvalue weighted by atomic mass is 32.2. The summed E-state index contributed by atoms with van der Waals surface area (Å²) in [7, 11) is -1.62. The summed E-state index contributed by atoms with van der Waals surface area (Å²) in [5.74, 6) is -3.23. The third kappa shape index (κ3) is 6.81. The molecule has 0 bridgehead atoms. The molecule has 5 nitrogen and oxygen atoms in total. The molecule has 0 unspecified atom stereocenters. The summed E-state index contributed by atoms with van der Waals surface area (Å²) in [6.07, 6.45) is -10.7. The molecule has 0 aromatic heterocycles. The van der Waals surface area contributed by atoms with E-state index in [0.29, 0.717) is 4.90 Å². The Hall–Kier alpha value is -2.89. The summed E-state index contributed by atoms with van der Waals surface area (Å²) in [6.45, 7) is 0. The van der Waals surface area contributed by atoms with E-state index in [9.17, 15) is 45.2 Å². The van der Waals surface area contributed by atoms with Gasteiger partial charge in [-0.25, -0.2) is 4.79 Å². The zero-order chi connectivity index (χ0) is 23.4. The maximum atomic E-state index is 12.9. The molecule has 0 radical (unpaired) electrons. The van der Waals surface area contributed by atoms with E-state index >= 15 is 0 Å². The van der Waals surface area contributed by atoms with Crippen LogP contribution in [0.15, 0.2) is 53.4 Å². The fraction of sp³-hybridized carbons (Fsp3) is 0.263. The number of carboxylic acid groups (broad SMARTS) is 1. The standard InChI is InChI=1S/C19H15F6NO4S/c20-18(21,22)12-8-11(9-13(10-12)19(23,24)25)16(27)26-15(17(28)29)6-7-31(30)14-4-2-1-3-5-14/h1-5,8-10,15H,6-7H2,(H,26,27)(H,28,29)/t15-,31-/m1/s1. The van der Waals surface area contributed by atoms with Crippen LogP contribution in [0.3, 0.4) is 0 Å². The summed E-state index contributed by atoms with van der Waals surface area (Å²) in [6, 6.07) is 6.53. The minimum Gasteiger partial charge on any atom is -0.480 e. The van der Waals surface area contributed by atoms with E-state index in [4.69, 9.17) is 0 Å². The average Bonchev–Trinajstić information content (AvgIpc) is 2.69. The van der Waals surface area contributed by atoms with Gasteiger partial charge in [0, 0.05) is 16.2 Å². The molecule has 0 saturated heterocycles. The third-order valence-electron chi connectivity index (χ3n) is 4.05. The predicted octanol–water partition coefficient (Wildman–Crippen LogP) is 4.11. The normalized spacial score (nSPS) is 14.0. The Bertz CT molecular complexity index is 943. The number of alkyl halides is 6. The number of rotatable bonds is 7. The average molecular weight is 467 g/mol. The Morgan fingerprint density at radius 3 is 1.90 bits per heavy atom. The van der Waals surface area contributed by atoms with Crippen molar-refractivity contribution in [1.29, 1.82) is 0 Å². The summed E-state index contributed by atoms with van der Waals surface area (Å²) in [5, 5.41) is 11.1. The van der Waals surface area contributed by atoms with Crippen LogP contribution in [-0.4, -0.2) is 33.0 Å². The van der Waals surface area contributed by atoms with Gasteiger partial charge in [0.15, 0.2) is 0 Å². The highest BCUT2D eigenvalue weighted by molar-refractivity contribution is 7.85. The van der Waals surface area contributed by atoms with Crippen LogP contribution in [-0.2, 0) is 27.9 Å². The molecule has 0 spiro atoms. The molecule has 31 heavy (non-hydrogen) atoms. The Kier molecular flexibility index (Phi) is 7.47. The monoisotopic (exact) mass is 467 g/mol. The molecule has 0 fully saturated rings. The molecule has 0 aliphatic carbocycles. The van der Waals surface area contributed by atoms with Crippen LogP contribution >= 0.6 is 0 Å². The lowest BCUT2D eigenvalue weighted by Gasteiger charge is -2.17. The zero-order valence-corrected chi connectivity index (χ0v) is 16.3. The van der Waals surface area contributed by atoms with E-state index in [1.165, 1.54) is 12.1 Å². The summed E-state index contributed by atoms with van der Waals surface area (Å²) < 4.78 is 89.8. The minimum atomic E-state index is -5.16. The first-order valence-electron chi connectivity index (χ1n) is 8.55. The summed E-state index contributed by atoms with van der Waals surface area (Å²) in [5.41, 5.74) is -4.41. The molecule has 1 amide bonds. The van der Waals surface area contributed by atoms with Crippen LogP contribution in [0.5, 0.6) is 0 Å². The van der Waals surface area contributed by atoms with E-state index in [-0.39, 0.29) is 30.4 Å². The van der Waals surface area contributed by atoms with Gasteiger partial charge in [0.25, 0.3) is 5.91 Å². The Balaban J connectivity index is 2.22. The summed E-state index contributed by atoms with van der Waals surface area (Å²) >= 11 is 0. The van der Waals surface area contributed by atoms with E-state index in [2.05, 4.69) is 0 Å². The van der Waals surface area contributed by atoms with Gasteiger partial charge in [0.2, 0.25) is 0 Å². The van der Waals surface area contributed by atoms with Crippen molar-refractivity contribution < 1.29 is 45.2 Å². The molecule has 0 heterocycles. The number of nitrogens with one attached hydrogen (secondary N) is 1. The van der Waals surface area contributed by atoms with Crippen molar-refractivity contribution in [2.45, 2.75) is 29.7 Å². The van der Waals surface area contributed by atoms with Crippen molar-refractivity contribution in [2.75, 3.05) is 5.75 Å². The lowest BCUT2D eigenvalue weighted by Crippen LogP contribution is -2.41. The molecular formula is C19H15F6NO4S. The van der Waals surface area contributed by atoms with Crippen molar-refractivity contribution in [1.82, 2.24) is 5.32 Å². The minimum absolute atomic E-state index is 0.144. The number of carbonyl (C=O) groups excluding carboxylic acids is 1. The number of hydrogen-bond acceptors (Lipinski definition) is 3. The van der Waals surface area contributed by atoms with Crippen molar-refractivity contribution in [3.05, 3.63) is 65.2 Å². The predicted molar refractivity (Wildman–Crippen MR) is 97.7 cm³/mol. The van der Waals surface area contributed by atoms with Gasteiger partial charge in [-0.2, -0.15) is 26.3 Å². The van der Waals surface area contributed by atoms with E-state index in [0.717, 1.165) is 0 Å².